The molecule has 0 radical (unpaired) electrons. The lowest BCUT2D eigenvalue weighted by Crippen LogP contribution is -2.32. The molecule has 2 N–H and O–H groups in total. The maximum atomic E-state index is 11.2. The van der Waals surface area contributed by atoms with Gasteiger partial charge in [-0.3, -0.25) is 4.79 Å². The molecule has 2 heterocycles. The molecule has 2 aromatic heterocycles. The molecule has 62 valence electrons. The summed E-state index contributed by atoms with van der Waals surface area (Å²) in [6.45, 7) is 1.57. The first-order valence-electron chi connectivity index (χ1n) is 3.25. The van der Waals surface area contributed by atoms with Crippen LogP contribution in [0, 0.1) is 6.92 Å². The van der Waals surface area contributed by atoms with Crippen molar-refractivity contribution in [1.82, 2.24) is 24.5 Å². The zero-order valence-corrected chi connectivity index (χ0v) is 6.30. The van der Waals surface area contributed by atoms with Gasteiger partial charge in [0.25, 0.3) is 11.3 Å². The summed E-state index contributed by atoms with van der Waals surface area (Å²) in [5.74, 6) is 5.63. The number of hydrogen-bond donors (Lipinski definition) is 1. The number of nitrogen functional groups attached to an aromatic ring is 1. The van der Waals surface area contributed by atoms with E-state index in [1.165, 1.54) is 10.8 Å². The number of aryl methyl sites for hydroxylation is 1. The van der Waals surface area contributed by atoms with E-state index in [1.54, 1.807) is 6.92 Å². The van der Waals surface area contributed by atoms with E-state index in [1.807, 2.05) is 0 Å². The number of rotatable bonds is 0. The van der Waals surface area contributed by atoms with Crippen LogP contribution in [0.4, 0.5) is 0 Å². The Labute approximate surface area is 66.4 Å². The fourth-order valence-electron chi connectivity index (χ4n) is 0.922. The lowest BCUT2D eigenvalue weighted by molar-refractivity contribution is 0.782. The van der Waals surface area contributed by atoms with Gasteiger partial charge >= 0.3 is 0 Å². The Bertz CT molecular complexity index is 482. The molecule has 0 aromatic carbocycles. The van der Waals surface area contributed by atoms with Crippen LogP contribution < -0.4 is 11.4 Å². The molecule has 2 rings (SSSR count). The van der Waals surface area contributed by atoms with Gasteiger partial charge in [0.15, 0.2) is 0 Å². The van der Waals surface area contributed by atoms with Gasteiger partial charge in [0.2, 0.25) is 0 Å². The number of hydrogen-bond acceptors (Lipinski definition) is 5. The Morgan fingerprint density at radius 1 is 1.58 bits per heavy atom. The molecule has 0 amide bonds. The van der Waals surface area contributed by atoms with E-state index in [4.69, 9.17) is 5.84 Å². The van der Waals surface area contributed by atoms with Crippen LogP contribution in [0.5, 0.6) is 0 Å². The quantitative estimate of drug-likeness (QED) is 0.471. The first-order valence-corrected chi connectivity index (χ1v) is 3.25. The Hall–Kier alpha value is -1.92. The molecule has 0 fully saturated rings. The fraction of sp³-hybridized carbons (Fsp3) is 0.200. The summed E-state index contributed by atoms with van der Waals surface area (Å²) in [5.41, 5.74) is -0.0553. The minimum Gasteiger partial charge on any atom is -0.333 e. The van der Waals surface area contributed by atoms with Crippen molar-refractivity contribution in [2.45, 2.75) is 6.92 Å². The molecule has 2 aromatic rings. The first-order chi connectivity index (χ1) is 5.70. The van der Waals surface area contributed by atoms with E-state index < -0.39 is 0 Å². The van der Waals surface area contributed by atoms with Gasteiger partial charge in [0.05, 0.1) is 0 Å². The number of fused-ring (bicyclic) bond motifs is 1. The topological polar surface area (TPSA) is 91.1 Å². The van der Waals surface area contributed by atoms with Gasteiger partial charge in [-0.25, -0.2) is 0 Å². The van der Waals surface area contributed by atoms with Gasteiger partial charge in [-0.2, -0.15) is 14.3 Å². The average Bonchev–Trinajstić information content (AvgIpc) is 2.48. The van der Waals surface area contributed by atoms with E-state index in [0.717, 1.165) is 4.68 Å². The summed E-state index contributed by atoms with van der Waals surface area (Å²) in [6, 6.07) is 0. The first kappa shape index (κ1) is 6.77. The Morgan fingerprint density at radius 2 is 2.33 bits per heavy atom. The van der Waals surface area contributed by atoms with Gasteiger partial charge in [0, 0.05) is 0 Å². The van der Waals surface area contributed by atoms with Crippen molar-refractivity contribution in [2.24, 2.45) is 0 Å². The normalized spacial score (nSPS) is 10.8. The number of nitrogens with zero attached hydrogens (tertiary/aromatic N) is 5. The van der Waals surface area contributed by atoms with Crippen molar-refractivity contribution >= 4 is 5.78 Å². The van der Waals surface area contributed by atoms with E-state index in [-0.39, 0.29) is 11.3 Å². The van der Waals surface area contributed by atoms with Gasteiger partial charge in [-0.15, -0.1) is 10.2 Å². The minimum absolute atomic E-state index is 0.227. The molecule has 0 unspecified atom stereocenters. The van der Waals surface area contributed by atoms with Crippen molar-refractivity contribution in [3.05, 3.63) is 22.4 Å². The summed E-state index contributed by atoms with van der Waals surface area (Å²) < 4.78 is 2.26. The predicted octanol–water partition coefficient (Wildman–Crippen LogP) is -1.69. The molecular weight excluding hydrogens is 160 g/mol. The van der Waals surface area contributed by atoms with Crippen molar-refractivity contribution in [2.75, 3.05) is 5.84 Å². The highest BCUT2D eigenvalue weighted by Gasteiger charge is 2.05. The highest BCUT2D eigenvalue weighted by molar-refractivity contribution is 5.24. The Morgan fingerprint density at radius 3 is 3.08 bits per heavy atom. The smallest absolute Gasteiger partial charge is 0.295 e. The molecule has 0 aliphatic rings. The van der Waals surface area contributed by atoms with Crippen molar-refractivity contribution in [1.29, 1.82) is 0 Å². The van der Waals surface area contributed by atoms with Crippen molar-refractivity contribution in [3.8, 4) is 0 Å². The molecule has 7 heteroatoms. The van der Waals surface area contributed by atoms with Crippen molar-refractivity contribution in [3.63, 3.8) is 0 Å². The third-order valence-electron chi connectivity index (χ3n) is 1.51. The zero-order valence-electron chi connectivity index (χ0n) is 6.30. The number of aromatic nitrogens is 5. The molecular formula is C5H6N6O. The Balaban J connectivity index is 3.05. The van der Waals surface area contributed by atoms with Crippen LogP contribution in [0.15, 0.2) is 11.1 Å². The highest BCUT2D eigenvalue weighted by atomic mass is 16.1. The summed E-state index contributed by atoms with van der Waals surface area (Å²) in [7, 11) is 0. The summed E-state index contributed by atoms with van der Waals surface area (Å²) in [5, 5.41) is 11.0. The molecule has 0 saturated heterocycles. The Kier molecular flexibility index (Phi) is 1.15. The van der Waals surface area contributed by atoms with Gasteiger partial charge < -0.3 is 5.84 Å². The van der Waals surface area contributed by atoms with Crippen LogP contribution in [-0.2, 0) is 0 Å². The zero-order chi connectivity index (χ0) is 8.72. The summed E-state index contributed by atoms with van der Waals surface area (Å²) in [6.07, 6.45) is 1.38. The molecule has 0 saturated carbocycles. The predicted molar refractivity (Wildman–Crippen MR) is 39.9 cm³/mol. The third-order valence-corrected chi connectivity index (χ3v) is 1.51. The SMILES string of the molecule is Cc1nn2cnnc2n(N)c1=O. The standard InChI is InChI=1S/C5H6N6O/c1-3-4(12)11(6)5-8-7-2-10(5)9-3/h2H,6H2,1H3. The van der Waals surface area contributed by atoms with Gasteiger partial charge in [-0.05, 0) is 6.92 Å². The lowest BCUT2D eigenvalue weighted by Gasteiger charge is -1.98. The maximum Gasteiger partial charge on any atom is 0.295 e. The van der Waals surface area contributed by atoms with Crippen LogP contribution in [0.3, 0.4) is 0 Å². The molecule has 0 aliphatic carbocycles. The molecule has 0 aliphatic heterocycles. The van der Waals surface area contributed by atoms with Crippen LogP contribution in [0.2, 0.25) is 0 Å². The number of nitrogens with two attached hydrogens (primary N) is 1. The summed E-state index contributed by atoms with van der Waals surface area (Å²) in [4.78, 5) is 11.2. The van der Waals surface area contributed by atoms with Crippen LogP contribution in [-0.4, -0.2) is 24.5 Å². The monoisotopic (exact) mass is 166 g/mol. The maximum absolute atomic E-state index is 11.2. The van der Waals surface area contributed by atoms with Crippen LogP contribution in [0.25, 0.3) is 5.78 Å². The molecule has 7 nitrogen and oxygen atoms in total. The van der Waals surface area contributed by atoms with Gasteiger partial charge in [-0.1, -0.05) is 0 Å². The molecule has 0 spiro atoms. The van der Waals surface area contributed by atoms with Crippen LogP contribution >= 0.6 is 0 Å². The second-order valence-electron chi connectivity index (χ2n) is 2.34. The highest BCUT2D eigenvalue weighted by Crippen LogP contribution is 1.88. The van der Waals surface area contributed by atoms with Gasteiger partial charge in [0.1, 0.15) is 12.0 Å². The second-order valence-corrected chi connectivity index (χ2v) is 2.34. The second kappa shape index (κ2) is 2.03. The minimum atomic E-state index is -0.365. The largest absolute Gasteiger partial charge is 0.333 e. The van der Waals surface area contributed by atoms with E-state index in [9.17, 15) is 4.79 Å². The average molecular weight is 166 g/mol. The fourth-order valence-corrected chi connectivity index (χ4v) is 0.922. The molecule has 12 heavy (non-hydrogen) atoms. The lowest BCUT2D eigenvalue weighted by atomic mass is 10.5. The van der Waals surface area contributed by atoms with E-state index in [0.29, 0.717) is 5.69 Å². The van der Waals surface area contributed by atoms with Crippen LogP contribution in [0.1, 0.15) is 5.69 Å². The van der Waals surface area contributed by atoms with E-state index in [2.05, 4.69) is 15.3 Å². The summed E-state index contributed by atoms with van der Waals surface area (Å²) >= 11 is 0. The van der Waals surface area contributed by atoms with E-state index >= 15 is 0 Å². The molecule has 0 bridgehead atoms. The molecule has 0 atom stereocenters. The third kappa shape index (κ3) is 0.698. The van der Waals surface area contributed by atoms with Crippen molar-refractivity contribution < 1.29 is 0 Å².